The van der Waals surface area contributed by atoms with E-state index in [1.54, 1.807) is 32.9 Å². The van der Waals surface area contributed by atoms with Crippen LogP contribution in [0.5, 0.6) is 5.75 Å². The van der Waals surface area contributed by atoms with Gasteiger partial charge in [-0.05, 0) is 51.0 Å². The number of esters is 1. The number of aliphatic hydroxyl groups is 1. The molecule has 0 heterocycles. The molecule has 0 saturated heterocycles. The van der Waals surface area contributed by atoms with E-state index in [0.29, 0.717) is 12.4 Å². The summed E-state index contributed by atoms with van der Waals surface area (Å²) in [6.07, 6.45) is -1.15. The van der Waals surface area contributed by atoms with Crippen molar-refractivity contribution in [1.82, 2.24) is 0 Å². The third-order valence-electron chi connectivity index (χ3n) is 2.60. The SMILES string of the molecule is CCOC(=O)C(C)Oc1ccc([C@@H](C)O)cc1C. The van der Waals surface area contributed by atoms with Crippen LogP contribution in [0.3, 0.4) is 0 Å². The van der Waals surface area contributed by atoms with Crippen LogP contribution in [-0.4, -0.2) is 23.8 Å². The van der Waals surface area contributed by atoms with Crippen molar-refractivity contribution < 1.29 is 19.4 Å². The van der Waals surface area contributed by atoms with Crippen molar-refractivity contribution in [2.24, 2.45) is 0 Å². The number of rotatable bonds is 5. The van der Waals surface area contributed by atoms with Crippen molar-refractivity contribution >= 4 is 5.97 Å². The van der Waals surface area contributed by atoms with E-state index in [9.17, 15) is 9.90 Å². The summed E-state index contributed by atoms with van der Waals surface area (Å²) < 4.78 is 10.4. The number of hydrogen-bond acceptors (Lipinski definition) is 4. The zero-order valence-corrected chi connectivity index (χ0v) is 11.3. The first-order chi connectivity index (χ1) is 8.45. The second-order valence-corrected chi connectivity index (χ2v) is 4.21. The molecule has 0 spiro atoms. The van der Waals surface area contributed by atoms with E-state index in [2.05, 4.69) is 0 Å². The Bertz CT molecular complexity index is 412. The van der Waals surface area contributed by atoms with E-state index < -0.39 is 12.2 Å². The maximum absolute atomic E-state index is 11.4. The lowest BCUT2D eigenvalue weighted by Crippen LogP contribution is -2.26. The number of carbonyl (C=O) groups is 1. The molecule has 18 heavy (non-hydrogen) atoms. The van der Waals surface area contributed by atoms with Gasteiger partial charge in [-0.3, -0.25) is 0 Å². The van der Waals surface area contributed by atoms with Gasteiger partial charge in [0.1, 0.15) is 5.75 Å². The van der Waals surface area contributed by atoms with Gasteiger partial charge in [-0.1, -0.05) is 6.07 Å². The minimum Gasteiger partial charge on any atom is -0.479 e. The Morgan fingerprint density at radius 3 is 2.56 bits per heavy atom. The van der Waals surface area contributed by atoms with Gasteiger partial charge in [0.2, 0.25) is 0 Å². The van der Waals surface area contributed by atoms with E-state index in [4.69, 9.17) is 9.47 Å². The molecule has 1 unspecified atom stereocenters. The van der Waals surface area contributed by atoms with Gasteiger partial charge in [-0.25, -0.2) is 4.79 Å². The summed E-state index contributed by atoms with van der Waals surface area (Å²) in [4.78, 5) is 11.4. The lowest BCUT2D eigenvalue weighted by molar-refractivity contribution is -0.150. The Kier molecular flexibility index (Phi) is 5.16. The van der Waals surface area contributed by atoms with Crippen LogP contribution in [0, 0.1) is 6.92 Å². The Labute approximate surface area is 108 Å². The highest BCUT2D eigenvalue weighted by Gasteiger charge is 2.16. The first-order valence-corrected chi connectivity index (χ1v) is 6.07. The molecule has 0 saturated carbocycles. The molecule has 0 aliphatic heterocycles. The zero-order chi connectivity index (χ0) is 13.7. The summed E-state index contributed by atoms with van der Waals surface area (Å²) in [6.45, 7) is 7.33. The number of carbonyl (C=O) groups excluding carboxylic acids is 1. The van der Waals surface area contributed by atoms with Gasteiger partial charge in [-0.2, -0.15) is 0 Å². The minimum absolute atomic E-state index is 0.340. The van der Waals surface area contributed by atoms with E-state index in [0.717, 1.165) is 11.1 Å². The maximum atomic E-state index is 11.4. The molecular weight excluding hydrogens is 232 g/mol. The quantitative estimate of drug-likeness (QED) is 0.817. The van der Waals surface area contributed by atoms with Gasteiger partial charge in [0.15, 0.2) is 6.10 Å². The summed E-state index contributed by atoms with van der Waals surface area (Å²) in [5, 5.41) is 9.46. The van der Waals surface area contributed by atoms with Crippen LogP contribution in [-0.2, 0) is 9.53 Å². The first kappa shape index (κ1) is 14.5. The van der Waals surface area contributed by atoms with Gasteiger partial charge in [0.25, 0.3) is 0 Å². The molecule has 0 bridgehead atoms. The summed E-state index contributed by atoms with van der Waals surface area (Å²) in [5.74, 6) is 0.247. The largest absolute Gasteiger partial charge is 0.479 e. The Morgan fingerprint density at radius 2 is 2.06 bits per heavy atom. The molecule has 1 N–H and O–H groups in total. The molecule has 1 rings (SSSR count). The molecule has 2 atom stereocenters. The van der Waals surface area contributed by atoms with Gasteiger partial charge in [0.05, 0.1) is 12.7 Å². The van der Waals surface area contributed by atoms with Crippen LogP contribution < -0.4 is 4.74 Å². The van der Waals surface area contributed by atoms with Crippen molar-refractivity contribution in [3.63, 3.8) is 0 Å². The molecule has 4 heteroatoms. The van der Waals surface area contributed by atoms with Crippen molar-refractivity contribution in [2.75, 3.05) is 6.61 Å². The number of ether oxygens (including phenoxy) is 2. The van der Waals surface area contributed by atoms with Crippen LogP contribution >= 0.6 is 0 Å². The molecule has 0 aliphatic carbocycles. The third kappa shape index (κ3) is 3.74. The fraction of sp³-hybridized carbons (Fsp3) is 0.500. The van der Waals surface area contributed by atoms with Gasteiger partial charge in [0, 0.05) is 0 Å². The number of hydrogen-bond donors (Lipinski definition) is 1. The van der Waals surface area contributed by atoms with E-state index in [1.165, 1.54) is 0 Å². The summed E-state index contributed by atoms with van der Waals surface area (Å²) in [5.41, 5.74) is 1.70. The summed E-state index contributed by atoms with van der Waals surface area (Å²) in [7, 11) is 0. The fourth-order valence-corrected chi connectivity index (χ4v) is 1.56. The third-order valence-corrected chi connectivity index (χ3v) is 2.60. The Hall–Kier alpha value is -1.55. The number of benzene rings is 1. The van der Waals surface area contributed by atoms with Gasteiger partial charge in [-0.15, -0.1) is 0 Å². The van der Waals surface area contributed by atoms with Crippen LogP contribution in [0.4, 0.5) is 0 Å². The predicted molar refractivity (Wildman–Crippen MR) is 68.5 cm³/mol. The molecule has 1 aromatic rings. The molecule has 4 nitrogen and oxygen atoms in total. The van der Waals surface area contributed by atoms with Crippen molar-refractivity contribution in [2.45, 2.75) is 39.9 Å². The van der Waals surface area contributed by atoms with Crippen LogP contribution in [0.25, 0.3) is 0 Å². The van der Waals surface area contributed by atoms with Crippen LogP contribution in [0.15, 0.2) is 18.2 Å². The highest BCUT2D eigenvalue weighted by molar-refractivity contribution is 5.74. The monoisotopic (exact) mass is 252 g/mol. The summed E-state index contributed by atoms with van der Waals surface area (Å²) >= 11 is 0. The standard InChI is InChI=1S/C14H20O4/c1-5-17-14(16)11(4)18-13-7-6-12(10(3)15)8-9(13)2/h6-8,10-11,15H,5H2,1-4H3/t10-,11?/m1/s1. The molecule has 1 aromatic carbocycles. The van der Waals surface area contributed by atoms with Crippen LogP contribution in [0.1, 0.15) is 38.0 Å². The molecule has 0 radical (unpaired) electrons. The van der Waals surface area contributed by atoms with Crippen molar-refractivity contribution in [1.29, 1.82) is 0 Å². The topological polar surface area (TPSA) is 55.8 Å². The van der Waals surface area contributed by atoms with Crippen LogP contribution in [0.2, 0.25) is 0 Å². The fourth-order valence-electron chi connectivity index (χ4n) is 1.56. The lowest BCUT2D eigenvalue weighted by atomic mass is 10.1. The van der Waals surface area contributed by atoms with Crippen molar-refractivity contribution in [3.05, 3.63) is 29.3 Å². The Morgan fingerprint density at radius 1 is 1.39 bits per heavy atom. The van der Waals surface area contributed by atoms with Gasteiger partial charge >= 0.3 is 5.97 Å². The zero-order valence-electron chi connectivity index (χ0n) is 11.3. The molecular formula is C14H20O4. The van der Waals surface area contributed by atoms with E-state index in [-0.39, 0.29) is 5.97 Å². The highest BCUT2D eigenvalue weighted by atomic mass is 16.6. The first-order valence-electron chi connectivity index (χ1n) is 6.07. The number of aryl methyl sites for hydroxylation is 1. The number of aliphatic hydroxyl groups excluding tert-OH is 1. The molecule has 100 valence electrons. The second kappa shape index (κ2) is 6.40. The molecule has 0 fully saturated rings. The smallest absolute Gasteiger partial charge is 0.347 e. The Balaban J connectivity index is 2.76. The normalized spacial score (nSPS) is 13.8. The van der Waals surface area contributed by atoms with Crippen molar-refractivity contribution in [3.8, 4) is 5.75 Å². The summed E-state index contributed by atoms with van der Waals surface area (Å²) in [6, 6.07) is 5.38. The molecule has 0 amide bonds. The average Bonchev–Trinajstić information content (AvgIpc) is 2.31. The van der Waals surface area contributed by atoms with E-state index in [1.807, 2.05) is 13.0 Å². The molecule has 0 aliphatic rings. The van der Waals surface area contributed by atoms with Gasteiger partial charge < -0.3 is 14.6 Å². The average molecular weight is 252 g/mol. The van der Waals surface area contributed by atoms with E-state index >= 15 is 0 Å². The minimum atomic E-state index is -0.638. The highest BCUT2D eigenvalue weighted by Crippen LogP contribution is 2.23. The lowest BCUT2D eigenvalue weighted by Gasteiger charge is -2.16. The second-order valence-electron chi connectivity index (χ2n) is 4.21. The predicted octanol–water partition coefficient (Wildman–Crippen LogP) is 2.38. The molecule has 0 aromatic heterocycles. The maximum Gasteiger partial charge on any atom is 0.347 e.